The summed E-state index contributed by atoms with van der Waals surface area (Å²) in [6, 6.07) is 21.3. The lowest BCUT2D eigenvalue weighted by molar-refractivity contribution is -0.118. The number of halogens is 2. The fourth-order valence-corrected chi connectivity index (χ4v) is 4.01. The van der Waals surface area contributed by atoms with E-state index in [1.54, 1.807) is 42.5 Å². The molecule has 9 heteroatoms. The Morgan fingerprint density at radius 2 is 1.85 bits per heavy atom. The highest BCUT2D eigenvalue weighted by Gasteiger charge is 2.23. The van der Waals surface area contributed by atoms with Crippen molar-refractivity contribution in [3.63, 3.8) is 0 Å². The minimum atomic E-state index is -0.343. The normalized spacial score (nSPS) is 15.5. The number of amides is 2. The van der Waals surface area contributed by atoms with E-state index < -0.39 is 0 Å². The first-order valence-corrected chi connectivity index (χ1v) is 11.4. The number of amidine groups is 1. The Morgan fingerprint density at radius 1 is 1.03 bits per heavy atom. The molecule has 2 N–H and O–H groups in total. The van der Waals surface area contributed by atoms with E-state index in [0.29, 0.717) is 31.6 Å². The first-order valence-electron chi connectivity index (χ1n) is 9.79. The SMILES string of the molecule is O=C(COc1cccc(/C=C2/SC(=Nc3ccccc3)NC2=O)c1)Nc1ccc(Cl)c(Cl)c1. The Hall–Kier alpha value is -3.26. The molecule has 2 amide bonds. The summed E-state index contributed by atoms with van der Waals surface area (Å²) in [6.07, 6.45) is 1.75. The largest absolute Gasteiger partial charge is 0.484 e. The minimum absolute atomic E-state index is 0.191. The first-order chi connectivity index (χ1) is 16.0. The number of hydrogen-bond acceptors (Lipinski definition) is 5. The third-order valence-electron chi connectivity index (χ3n) is 4.37. The summed E-state index contributed by atoms with van der Waals surface area (Å²) in [5, 5.41) is 6.73. The molecule has 3 aromatic carbocycles. The quantitative estimate of drug-likeness (QED) is 0.415. The Labute approximate surface area is 204 Å². The van der Waals surface area contributed by atoms with Gasteiger partial charge in [-0.05, 0) is 65.9 Å². The van der Waals surface area contributed by atoms with Crippen molar-refractivity contribution in [1.29, 1.82) is 0 Å². The molecular formula is C24H17Cl2N3O3S. The number of nitrogens with one attached hydrogen (secondary N) is 2. The molecule has 3 aromatic rings. The van der Waals surface area contributed by atoms with Gasteiger partial charge < -0.3 is 15.4 Å². The number of hydrogen-bond donors (Lipinski definition) is 2. The van der Waals surface area contributed by atoms with Crippen LogP contribution in [0.2, 0.25) is 10.0 Å². The smallest absolute Gasteiger partial charge is 0.264 e. The average Bonchev–Trinajstić information content (AvgIpc) is 3.14. The molecule has 1 heterocycles. The number of anilines is 1. The van der Waals surface area contributed by atoms with E-state index in [4.69, 9.17) is 27.9 Å². The zero-order valence-electron chi connectivity index (χ0n) is 17.0. The molecule has 1 fully saturated rings. The molecule has 1 aliphatic heterocycles. The van der Waals surface area contributed by atoms with E-state index in [1.165, 1.54) is 11.8 Å². The number of ether oxygens (including phenoxy) is 1. The van der Waals surface area contributed by atoms with Gasteiger partial charge in [-0.1, -0.05) is 53.5 Å². The Bertz CT molecular complexity index is 1260. The van der Waals surface area contributed by atoms with Crippen LogP contribution in [0.3, 0.4) is 0 Å². The minimum Gasteiger partial charge on any atom is -0.484 e. The number of aliphatic imine (C=N–C) groups is 1. The molecule has 0 saturated carbocycles. The van der Waals surface area contributed by atoms with Crippen molar-refractivity contribution < 1.29 is 14.3 Å². The molecule has 1 saturated heterocycles. The van der Waals surface area contributed by atoms with Crippen molar-refractivity contribution in [2.75, 3.05) is 11.9 Å². The second kappa shape index (κ2) is 10.6. The Kier molecular flexibility index (Phi) is 7.34. The molecular weight excluding hydrogens is 481 g/mol. The molecule has 4 rings (SSSR count). The fourth-order valence-electron chi connectivity index (χ4n) is 2.87. The maximum atomic E-state index is 12.3. The van der Waals surface area contributed by atoms with Gasteiger partial charge in [0.2, 0.25) is 0 Å². The van der Waals surface area contributed by atoms with Gasteiger partial charge in [0.25, 0.3) is 11.8 Å². The predicted molar refractivity (Wildman–Crippen MR) is 134 cm³/mol. The monoisotopic (exact) mass is 497 g/mol. The van der Waals surface area contributed by atoms with Crippen LogP contribution < -0.4 is 15.4 Å². The van der Waals surface area contributed by atoms with Crippen LogP contribution >= 0.6 is 35.0 Å². The number of benzene rings is 3. The fraction of sp³-hybridized carbons (Fsp3) is 0.0417. The van der Waals surface area contributed by atoms with Gasteiger partial charge in [0.1, 0.15) is 5.75 Å². The number of nitrogens with zero attached hydrogens (tertiary/aromatic N) is 1. The lowest BCUT2D eigenvalue weighted by Gasteiger charge is -2.09. The zero-order chi connectivity index (χ0) is 23.2. The molecule has 33 heavy (non-hydrogen) atoms. The predicted octanol–water partition coefficient (Wildman–Crippen LogP) is 5.90. The summed E-state index contributed by atoms with van der Waals surface area (Å²) in [7, 11) is 0. The molecule has 166 valence electrons. The lowest BCUT2D eigenvalue weighted by Crippen LogP contribution is -2.20. The maximum Gasteiger partial charge on any atom is 0.264 e. The van der Waals surface area contributed by atoms with Crippen LogP contribution in [0.1, 0.15) is 5.56 Å². The third-order valence-corrected chi connectivity index (χ3v) is 6.02. The van der Waals surface area contributed by atoms with Crippen molar-refractivity contribution in [2.45, 2.75) is 0 Å². The van der Waals surface area contributed by atoms with Crippen LogP contribution in [0.4, 0.5) is 11.4 Å². The highest BCUT2D eigenvalue weighted by atomic mass is 35.5. The molecule has 1 aliphatic rings. The number of para-hydroxylation sites is 1. The number of thioether (sulfide) groups is 1. The van der Waals surface area contributed by atoms with E-state index in [9.17, 15) is 9.59 Å². The van der Waals surface area contributed by atoms with E-state index in [-0.39, 0.29) is 18.4 Å². The van der Waals surface area contributed by atoms with Gasteiger partial charge in [-0.25, -0.2) is 4.99 Å². The summed E-state index contributed by atoms with van der Waals surface area (Å²) < 4.78 is 5.59. The van der Waals surface area contributed by atoms with Gasteiger partial charge in [-0.2, -0.15) is 0 Å². The third kappa shape index (κ3) is 6.38. The molecule has 6 nitrogen and oxygen atoms in total. The second-order valence-electron chi connectivity index (χ2n) is 6.86. The van der Waals surface area contributed by atoms with Gasteiger partial charge in [0, 0.05) is 5.69 Å². The van der Waals surface area contributed by atoms with Crippen LogP contribution in [0, 0.1) is 0 Å². The summed E-state index contributed by atoms with van der Waals surface area (Å²) >= 11 is 13.1. The van der Waals surface area contributed by atoms with Crippen LogP contribution in [-0.2, 0) is 9.59 Å². The summed E-state index contributed by atoms with van der Waals surface area (Å²) in [5.74, 6) is -0.0677. The standard InChI is InChI=1S/C24H17Cl2N3O3S/c25-19-10-9-17(13-20(19)26)27-22(30)14-32-18-8-4-5-15(11-18)12-21-23(31)29-24(33-21)28-16-6-2-1-3-7-16/h1-13H,14H2,(H,27,30)(H,28,29,31)/b21-12+. The van der Waals surface area contributed by atoms with E-state index in [2.05, 4.69) is 15.6 Å². The maximum absolute atomic E-state index is 12.3. The number of rotatable bonds is 6. The Balaban J connectivity index is 1.38. The van der Waals surface area contributed by atoms with Crippen molar-refractivity contribution in [3.8, 4) is 5.75 Å². The molecule has 0 bridgehead atoms. The van der Waals surface area contributed by atoms with Gasteiger partial charge in [-0.3, -0.25) is 9.59 Å². The van der Waals surface area contributed by atoms with Crippen molar-refractivity contribution >= 4 is 69.4 Å². The van der Waals surface area contributed by atoms with Crippen LogP contribution in [0.25, 0.3) is 6.08 Å². The summed E-state index contributed by atoms with van der Waals surface area (Å²) in [5.41, 5.74) is 2.04. The Morgan fingerprint density at radius 3 is 2.64 bits per heavy atom. The second-order valence-corrected chi connectivity index (χ2v) is 8.70. The first kappa shape index (κ1) is 22.9. The molecule has 0 spiro atoms. The molecule has 0 aromatic heterocycles. The average molecular weight is 498 g/mol. The van der Waals surface area contributed by atoms with Gasteiger partial charge in [-0.15, -0.1) is 0 Å². The molecule has 0 radical (unpaired) electrons. The van der Waals surface area contributed by atoms with Crippen LogP contribution in [-0.4, -0.2) is 23.6 Å². The molecule has 0 unspecified atom stereocenters. The van der Waals surface area contributed by atoms with Crippen LogP contribution in [0.5, 0.6) is 5.75 Å². The zero-order valence-corrected chi connectivity index (χ0v) is 19.4. The highest BCUT2D eigenvalue weighted by Crippen LogP contribution is 2.29. The van der Waals surface area contributed by atoms with E-state index in [0.717, 1.165) is 11.3 Å². The summed E-state index contributed by atoms with van der Waals surface area (Å²) in [6.45, 7) is -0.191. The highest BCUT2D eigenvalue weighted by molar-refractivity contribution is 8.18. The van der Waals surface area contributed by atoms with Crippen molar-refractivity contribution in [3.05, 3.63) is 93.3 Å². The van der Waals surface area contributed by atoms with Gasteiger partial charge in [0.05, 0.1) is 20.6 Å². The number of carbonyl (C=O) groups is 2. The van der Waals surface area contributed by atoms with E-state index >= 15 is 0 Å². The van der Waals surface area contributed by atoms with Crippen molar-refractivity contribution in [1.82, 2.24) is 5.32 Å². The van der Waals surface area contributed by atoms with Crippen LogP contribution in [0.15, 0.2) is 82.7 Å². The number of carbonyl (C=O) groups excluding carboxylic acids is 2. The van der Waals surface area contributed by atoms with Crippen molar-refractivity contribution in [2.24, 2.45) is 4.99 Å². The summed E-state index contributed by atoms with van der Waals surface area (Å²) in [4.78, 5) is 29.4. The van der Waals surface area contributed by atoms with Gasteiger partial charge in [0.15, 0.2) is 11.8 Å². The molecule has 0 atom stereocenters. The molecule has 0 aliphatic carbocycles. The van der Waals surface area contributed by atoms with E-state index in [1.807, 2.05) is 36.4 Å². The van der Waals surface area contributed by atoms with Gasteiger partial charge >= 0.3 is 0 Å². The lowest BCUT2D eigenvalue weighted by atomic mass is 10.2. The topological polar surface area (TPSA) is 79.8 Å².